The lowest BCUT2D eigenvalue weighted by Crippen LogP contribution is -2.15. The van der Waals surface area contributed by atoms with E-state index in [9.17, 15) is 0 Å². The van der Waals surface area contributed by atoms with E-state index in [2.05, 4.69) is 73.9 Å². The Balaban J connectivity index is 1.51. The van der Waals surface area contributed by atoms with Crippen LogP contribution in [0.4, 0.5) is 0 Å². The lowest BCUT2D eigenvalue weighted by atomic mass is 9.81. The van der Waals surface area contributed by atoms with Crippen molar-refractivity contribution in [3.8, 4) is 34.8 Å². The van der Waals surface area contributed by atoms with Crippen molar-refractivity contribution in [2.75, 3.05) is 0 Å². The van der Waals surface area contributed by atoms with Crippen molar-refractivity contribution in [1.29, 1.82) is 0 Å². The molecule has 4 radical (unpaired) electrons. The zero-order chi connectivity index (χ0) is 23.0. The Morgan fingerprint density at radius 1 is 0.545 bits per heavy atom. The summed E-state index contributed by atoms with van der Waals surface area (Å²) < 4.78 is 0. The van der Waals surface area contributed by atoms with Crippen LogP contribution in [0, 0.1) is 37.5 Å². The summed E-state index contributed by atoms with van der Waals surface area (Å²) in [6, 6.07) is 28.3. The number of benzene rings is 4. The second-order valence-electron chi connectivity index (χ2n) is 8.82. The Morgan fingerprint density at radius 2 is 0.970 bits per heavy atom. The molecule has 0 N–H and O–H groups in total. The molecule has 0 unspecified atom stereocenters. The first kappa shape index (κ1) is 20.9. The molecule has 0 saturated heterocycles. The van der Waals surface area contributed by atoms with Crippen molar-refractivity contribution in [3.05, 3.63) is 143 Å². The maximum Gasteiger partial charge on any atom is 0.0284 e. The highest BCUT2D eigenvalue weighted by atomic mass is 14.4. The molecule has 33 heavy (non-hydrogen) atoms. The summed E-state index contributed by atoms with van der Waals surface area (Å²) in [5.74, 6) is 13.0. The number of hydrogen-bond donors (Lipinski definition) is 0. The van der Waals surface area contributed by atoms with Crippen LogP contribution < -0.4 is 0 Å². The average Bonchev–Trinajstić information content (AvgIpc) is 3.04. The fourth-order valence-electron chi connectivity index (χ4n) is 4.39. The van der Waals surface area contributed by atoms with Crippen molar-refractivity contribution in [2.24, 2.45) is 0 Å². The third kappa shape index (κ3) is 3.86. The van der Waals surface area contributed by atoms with Crippen LogP contribution in [-0.4, -0.2) is 0 Å². The number of rotatable bonds is 0. The molecule has 0 heterocycles. The molecule has 0 spiro atoms. The molecule has 0 fully saturated rings. The Labute approximate surface area is 197 Å². The minimum Gasteiger partial charge on any atom is -0.0619 e. The molecular formula is C33H22. The highest BCUT2D eigenvalue weighted by Crippen LogP contribution is 2.49. The van der Waals surface area contributed by atoms with E-state index in [-0.39, 0.29) is 5.41 Å². The first-order valence-corrected chi connectivity index (χ1v) is 11.0. The summed E-state index contributed by atoms with van der Waals surface area (Å²) in [6.45, 7) is 16.6. The zero-order valence-electron chi connectivity index (χ0n) is 18.7. The maximum atomic E-state index is 6.04. The highest BCUT2D eigenvalue weighted by Gasteiger charge is 2.35. The van der Waals surface area contributed by atoms with Gasteiger partial charge in [-0.05, 0) is 69.8 Å². The second-order valence-corrected chi connectivity index (χ2v) is 8.82. The molecule has 0 bridgehead atoms. The van der Waals surface area contributed by atoms with Gasteiger partial charge in [-0.2, -0.15) is 0 Å². The Bertz CT molecular complexity index is 1390. The van der Waals surface area contributed by atoms with Crippen molar-refractivity contribution in [2.45, 2.75) is 19.3 Å². The molecule has 5 rings (SSSR count). The van der Waals surface area contributed by atoms with Gasteiger partial charge in [0.15, 0.2) is 0 Å². The van der Waals surface area contributed by atoms with Gasteiger partial charge in [-0.25, -0.2) is 0 Å². The van der Waals surface area contributed by atoms with E-state index in [1.807, 2.05) is 48.5 Å². The standard InChI is InChI=1S/C33H22/c1-23-9-5-7-11-27(23)17-13-25-15-19-29-30-20-16-26(14-18-28-12-8-6-10-24(28)2)22-32(30)33(3,4)31(29)21-25/h1-2,5-12,15-16,19-22H,3-4H3. The van der Waals surface area contributed by atoms with E-state index in [0.29, 0.717) is 11.1 Å². The van der Waals surface area contributed by atoms with Crippen LogP contribution in [0.3, 0.4) is 0 Å². The Kier molecular flexibility index (Phi) is 5.17. The van der Waals surface area contributed by atoms with Gasteiger partial charge in [0, 0.05) is 41.5 Å². The maximum absolute atomic E-state index is 6.04. The fraction of sp³-hybridized carbons (Fsp3) is 0.0909. The predicted octanol–water partition coefficient (Wildman–Crippen LogP) is 6.91. The fourth-order valence-corrected chi connectivity index (χ4v) is 4.39. The van der Waals surface area contributed by atoms with E-state index in [0.717, 1.165) is 22.3 Å². The summed E-state index contributed by atoms with van der Waals surface area (Å²) in [5, 5.41) is 0. The lowest BCUT2D eigenvalue weighted by molar-refractivity contribution is 0.660. The first-order chi connectivity index (χ1) is 15.9. The normalized spacial score (nSPS) is 12.6. The van der Waals surface area contributed by atoms with Crippen molar-refractivity contribution in [1.82, 2.24) is 0 Å². The molecule has 0 atom stereocenters. The summed E-state index contributed by atoms with van der Waals surface area (Å²) in [7, 11) is 0. The van der Waals surface area contributed by atoms with E-state index in [4.69, 9.17) is 13.8 Å². The molecule has 0 aliphatic heterocycles. The van der Waals surface area contributed by atoms with Crippen LogP contribution in [0.2, 0.25) is 0 Å². The molecule has 4 aromatic rings. The summed E-state index contributed by atoms with van der Waals surface area (Å²) >= 11 is 0. The molecule has 0 aromatic heterocycles. The molecular weight excluding hydrogens is 396 g/mol. The second kappa shape index (κ2) is 8.16. The summed E-state index contributed by atoms with van der Waals surface area (Å²) in [4.78, 5) is 0. The molecule has 1 aliphatic rings. The lowest BCUT2D eigenvalue weighted by Gasteiger charge is -2.21. The predicted molar refractivity (Wildman–Crippen MR) is 136 cm³/mol. The Morgan fingerprint density at radius 3 is 1.39 bits per heavy atom. The minimum absolute atomic E-state index is 0.141. The molecule has 4 aromatic carbocycles. The zero-order valence-corrected chi connectivity index (χ0v) is 18.7. The van der Waals surface area contributed by atoms with Crippen LogP contribution in [-0.2, 0) is 5.41 Å². The van der Waals surface area contributed by atoms with Gasteiger partial charge >= 0.3 is 0 Å². The van der Waals surface area contributed by atoms with Crippen LogP contribution in [0.1, 0.15) is 58.4 Å². The van der Waals surface area contributed by atoms with Crippen molar-refractivity contribution in [3.63, 3.8) is 0 Å². The van der Waals surface area contributed by atoms with Gasteiger partial charge in [0.1, 0.15) is 0 Å². The number of hydrogen-bond acceptors (Lipinski definition) is 0. The van der Waals surface area contributed by atoms with E-state index in [1.54, 1.807) is 0 Å². The van der Waals surface area contributed by atoms with Crippen LogP contribution in [0.25, 0.3) is 11.1 Å². The largest absolute Gasteiger partial charge is 0.0619 e. The van der Waals surface area contributed by atoms with Crippen molar-refractivity contribution < 1.29 is 0 Å². The molecule has 0 nitrogen and oxygen atoms in total. The SMILES string of the molecule is [CH]c1ccccc1C#Cc1ccc2c(c1)C(C)(C)c1cc(C#Cc3ccccc3[CH])ccc1-2. The van der Waals surface area contributed by atoms with Gasteiger partial charge in [0.05, 0.1) is 0 Å². The summed E-state index contributed by atoms with van der Waals surface area (Å²) in [5.41, 5.74) is 10.00. The minimum atomic E-state index is -0.141. The third-order valence-electron chi connectivity index (χ3n) is 6.28. The van der Waals surface area contributed by atoms with Gasteiger partial charge in [-0.3, -0.25) is 0 Å². The van der Waals surface area contributed by atoms with E-state index >= 15 is 0 Å². The van der Waals surface area contributed by atoms with Gasteiger partial charge in [0.2, 0.25) is 0 Å². The van der Waals surface area contributed by atoms with E-state index in [1.165, 1.54) is 22.3 Å². The van der Waals surface area contributed by atoms with Crippen molar-refractivity contribution >= 4 is 0 Å². The molecule has 0 heteroatoms. The summed E-state index contributed by atoms with van der Waals surface area (Å²) in [6.07, 6.45) is 0. The van der Waals surface area contributed by atoms with Crippen LogP contribution in [0.15, 0.2) is 84.9 Å². The monoisotopic (exact) mass is 418 g/mol. The van der Waals surface area contributed by atoms with Gasteiger partial charge in [0.25, 0.3) is 0 Å². The molecule has 0 amide bonds. The van der Waals surface area contributed by atoms with E-state index < -0.39 is 0 Å². The third-order valence-corrected chi connectivity index (χ3v) is 6.28. The van der Waals surface area contributed by atoms with Gasteiger partial charge in [-0.1, -0.05) is 86.1 Å². The Hall–Kier alpha value is -4.00. The first-order valence-electron chi connectivity index (χ1n) is 11.0. The molecule has 0 saturated carbocycles. The molecule has 154 valence electrons. The van der Waals surface area contributed by atoms with Gasteiger partial charge < -0.3 is 0 Å². The number of fused-ring (bicyclic) bond motifs is 3. The van der Waals surface area contributed by atoms with Gasteiger partial charge in [-0.15, -0.1) is 0 Å². The quantitative estimate of drug-likeness (QED) is 0.272. The highest BCUT2D eigenvalue weighted by molar-refractivity contribution is 5.82. The van der Waals surface area contributed by atoms with Crippen LogP contribution >= 0.6 is 0 Å². The smallest absolute Gasteiger partial charge is 0.0284 e. The topological polar surface area (TPSA) is 0 Å². The molecule has 1 aliphatic carbocycles. The average molecular weight is 419 g/mol. The van der Waals surface area contributed by atoms with Crippen LogP contribution in [0.5, 0.6) is 0 Å².